The van der Waals surface area contributed by atoms with Gasteiger partial charge in [-0.15, -0.1) is 0 Å². The summed E-state index contributed by atoms with van der Waals surface area (Å²) in [5.41, 5.74) is -0.239. The van der Waals surface area contributed by atoms with Crippen LogP contribution in [0.25, 0.3) is 0 Å². The van der Waals surface area contributed by atoms with E-state index in [-0.39, 0.29) is 18.4 Å². The molecule has 3 aliphatic rings. The topological polar surface area (TPSA) is 70.1 Å². The number of allylic oxidation sites excluding steroid dienone is 1. The molecular formula is C26H44O4. The molecule has 0 aromatic carbocycles. The molecule has 1 saturated carbocycles. The van der Waals surface area contributed by atoms with Gasteiger partial charge < -0.3 is 14.9 Å². The van der Waals surface area contributed by atoms with Gasteiger partial charge in [-0.05, 0) is 74.7 Å². The Labute approximate surface area is 183 Å². The number of aliphatic carboxylic acids is 1. The normalized spacial score (nSPS) is 41.7. The van der Waals surface area contributed by atoms with Gasteiger partial charge >= 0.3 is 5.97 Å². The van der Waals surface area contributed by atoms with Gasteiger partial charge in [0.05, 0.1) is 6.10 Å². The monoisotopic (exact) mass is 420 g/mol. The summed E-state index contributed by atoms with van der Waals surface area (Å²) in [6.45, 7) is 11.1. The van der Waals surface area contributed by atoms with E-state index in [0.29, 0.717) is 17.8 Å². The van der Waals surface area contributed by atoms with Crippen LogP contribution < -0.4 is 0 Å². The van der Waals surface area contributed by atoms with Crippen LogP contribution in [0.4, 0.5) is 0 Å². The highest BCUT2D eigenvalue weighted by atomic mass is 16.6. The van der Waals surface area contributed by atoms with Gasteiger partial charge in [0, 0.05) is 6.42 Å². The fourth-order valence-corrected chi connectivity index (χ4v) is 6.78. The van der Waals surface area contributed by atoms with E-state index in [1.165, 1.54) is 19.3 Å². The summed E-state index contributed by atoms with van der Waals surface area (Å²) >= 11 is 0. The third-order valence-electron chi connectivity index (χ3n) is 8.77. The van der Waals surface area contributed by atoms with E-state index in [0.717, 1.165) is 50.0 Å². The van der Waals surface area contributed by atoms with Crippen molar-refractivity contribution < 1.29 is 19.7 Å². The second-order valence-electron chi connectivity index (χ2n) is 10.8. The summed E-state index contributed by atoms with van der Waals surface area (Å²) < 4.78 is 6.32. The van der Waals surface area contributed by atoms with Gasteiger partial charge in [-0.2, -0.15) is 0 Å². The number of fused-ring (bicyclic) bond motifs is 1. The number of epoxide rings is 1. The lowest BCUT2D eigenvalue weighted by Crippen LogP contribution is -2.58. The number of hydrogen-bond donors (Lipinski definition) is 2. The molecule has 0 spiro atoms. The standard InChI is InChI=1S/C26H44O4/c1-6-18(3)24-25(5,30-24)26(29)19(4)16-20-15-17(2)13-14-21(20)22(26)11-9-7-8-10-12-23(27)28/h16-18,20-22,24,29H,6-15H2,1-5H3,(H,27,28)/t17-,18-,20+,21-,22+,24-,25+,26+/m1/s1. The molecule has 1 aliphatic heterocycles. The molecule has 8 atom stereocenters. The molecule has 1 saturated heterocycles. The maximum atomic E-state index is 12.3. The highest BCUT2D eigenvalue weighted by Crippen LogP contribution is 2.61. The van der Waals surface area contributed by atoms with Crippen LogP contribution in [0, 0.1) is 29.6 Å². The molecule has 4 nitrogen and oxygen atoms in total. The molecule has 0 amide bonds. The zero-order valence-corrected chi connectivity index (χ0v) is 19.8. The lowest BCUT2D eigenvalue weighted by Gasteiger charge is -2.52. The van der Waals surface area contributed by atoms with Crippen LogP contribution in [0.1, 0.15) is 98.8 Å². The number of unbranched alkanes of at least 4 members (excludes halogenated alkanes) is 3. The largest absolute Gasteiger partial charge is 0.481 e. The minimum absolute atomic E-state index is 0.132. The van der Waals surface area contributed by atoms with Gasteiger partial charge in [0.25, 0.3) is 0 Å². The maximum Gasteiger partial charge on any atom is 0.303 e. The Morgan fingerprint density at radius 3 is 2.63 bits per heavy atom. The average molecular weight is 421 g/mol. The molecule has 2 N–H and O–H groups in total. The SMILES string of the molecule is CC[C@@H](C)[C@H]1O[C@]1(C)[C@]1(O)C(C)=C[C@@H]2C[C@H](C)CC[C@H]2[C@@H]1CCCCCCC(=O)O. The van der Waals surface area contributed by atoms with Gasteiger partial charge in [-0.25, -0.2) is 0 Å². The van der Waals surface area contributed by atoms with E-state index in [2.05, 4.69) is 40.7 Å². The lowest BCUT2D eigenvalue weighted by atomic mass is 9.54. The Morgan fingerprint density at radius 2 is 1.97 bits per heavy atom. The van der Waals surface area contributed by atoms with E-state index >= 15 is 0 Å². The van der Waals surface area contributed by atoms with Gasteiger partial charge in [0.15, 0.2) is 0 Å². The van der Waals surface area contributed by atoms with Crippen LogP contribution in [-0.2, 0) is 9.53 Å². The molecule has 0 bridgehead atoms. The van der Waals surface area contributed by atoms with Crippen LogP contribution >= 0.6 is 0 Å². The Balaban J connectivity index is 1.77. The van der Waals surface area contributed by atoms with Gasteiger partial charge in [-0.1, -0.05) is 59.0 Å². The molecule has 0 aromatic rings. The fraction of sp³-hybridized carbons (Fsp3) is 0.885. The zero-order chi connectivity index (χ0) is 22.1. The van der Waals surface area contributed by atoms with Gasteiger partial charge in [0.2, 0.25) is 0 Å². The van der Waals surface area contributed by atoms with Crippen molar-refractivity contribution in [3.8, 4) is 0 Å². The van der Waals surface area contributed by atoms with E-state index in [9.17, 15) is 9.90 Å². The predicted octanol–water partition coefficient (Wildman–Crippen LogP) is 5.97. The number of aliphatic hydroxyl groups is 1. The Hall–Kier alpha value is -0.870. The van der Waals surface area contributed by atoms with Crippen molar-refractivity contribution in [2.24, 2.45) is 29.6 Å². The number of ether oxygens (including phenoxy) is 1. The molecule has 0 radical (unpaired) electrons. The van der Waals surface area contributed by atoms with Crippen molar-refractivity contribution in [2.45, 2.75) is 116 Å². The smallest absolute Gasteiger partial charge is 0.303 e. The second kappa shape index (κ2) is 9.32. The van der Waals surface area contributed by atoms with Crippen LogP contribution in [0.2, 0.25) is 0 Å². The third kappa shape index (κ3) is 4.37. The van der Waals surface area contributed by atoms with E-state index in [1.807, 2.05) is 0 Å². The van der Waals surface area contributed by atoms with Crippen molar-refractivity contribution in [1.82, 2.24) is 0 Å². The highest BCUT2D eigenvalue weighted by molar-refractivity contribution is 5.66. The number of rotatable bonds is 10. The Morgan fingerprint density at radius 1 is 1.27 bits per heavy atom. The van der Waals surface area contributed by atoms with E-state index in [1.54, 1.807) is 0 Å². The quantitative estimate of drug-likeness (QED) is 0.259. The summed E-state index contributed by atoms with van der Waals surface area (Å²) in [7, 11) is 0. The number of hydrogen-bond acceptors (Lipinski definition) is 3. The fourth-order valence-electron chi connectivity index (χ4n) is 6.78. The van der Waals surface area contributed by atoms with E-state index < -0.39 is 17.2 Å². The lowest BCUT2D eigenvalue weighted by molar-refractivity contribution is -0.137. The molecule has 0 aromatic heterocycles. The summed E-state index contributed by atoms with van der Waals surface area (Å²) in [6, 6.07) is 0. The number of carboxylic acid groups (broad SMARTS) is 1. The second-order valence-corrected chi connectivity index (χ2v) is 10.8. The summed E-state index contributed by atoms with van der Waals surface area (Å²) in [4.78, 5) is 10.8. The Kier molecular flexibility index (Phi) is 7.39. The van der Waals surface area contributed by atoms with Gasteiger partial charge in [-0.3, -0.25) is 4.79 Å². The predicted molar refractivity (Wildman–Crippen MR) is 120 cm³/mol. The third-order valence-corrected chi connectivity index (χ3v) is 8.77. The van der Waals surface area contributed by atoms with Crippen molar-refractivity contribution >= 4 is 5.97 Å². The van der Waals surface area contributed by atoms with Crippen LogP contribution in [0.3, 0.4) is 0 Å². The van der Waals surface area contributed by atoms with Crippen molar-refractivity contribution in [3.05, 3.63) is 11.6 Å². The number of carboxylic acids is 1. The minimum atomic E-state index is -0.885. The van der Waals surface area contributed by atoms with Crippen LogP contribution in [-0.4, -0.2) is 33.5 Å². The minimum Gasteiger partial charge on any atom is -0.481 e. The van der Waals surface area contributed by atoms with Crippen molar-refractivity contribution in [3.63, 3.8) is 0 Å². The van der Waals surface area contributed by atoms with Gasteiger partial charge in [0.1, 0.15) is 11.2 Å². The first-order chi connectivity index (χ1) is 14.1. The summed E-state index contributed by atoms with van der Waals surface area (Å²) in [5.74, 6) is 1.86. The molecule has 3 rings (SSSR count). The Bertz CT molecular complexity index is 643. The first-order valence-electron chi connectivity index (χ1n) is 12.5. The van der Waals surface area contributed by atoms with Crippen molar-refractivity contribution in [2.75, 3.05) is 0 Å². The number of carbonyl (C=O) groups is 1. The van der Waals surface area contributed by atoms with Crippen LogP contribution in [0.5, 0.6) is 0 Å². The molecule has 4 heteroatoms. The first kappa shape index (κ1) is 23.8. The summed E-state index contributed by atoms with van der Waals surface area (Å²) in [6.07, 6.45) is 12.4. The highest BCUT2D eigenvalue weighted by Gasteiger charge is 2.71. The molecule has 0 unspecified atom stereocenters. The first-order valence-corrected chi connectivity index (χ1v) is 12.5. The molecule has 2 fully saturated rings. The van der Waals surface area contributed by atoms with Crippen molar-refractivity contribution in [1.29, 1.82) is 0 Å². The van der Waals surface area contributed by atoms with Crippen LogP contribution in [0.15, 0.2) is 11.6 Å². The molecule has 1 heterocycles. The zero-order valence-electron chi connectivity index (χ0n) is 19.8. The van der Waals surface area contributed by atoms with E-state index in [4.69, 9.17) is 9.84 Å². The molecule has 172 valence electrons. The summed E-state index contributed by atoms with van der Waals surface area (Å²) in [5, 5.41) is 21.2. The average Bonchev–Trinajstić information content (AvgIpc) is 3.39. The molecular weight excluding hydrogens is 376 g/mol. The maximum absolute atomic E-state index is 12.3. The molecule has 30 heavy (non-hydrogen) atoms. The molecule has 2 aliphatic carbocycles.